The summed E-state index contributed by atoms with van der Waals surface area (Å²) in [6.45, 7) is 2.18. The molecule has 3 heteroatoms. The molecule has 1 unspecified atom stereocenters. The van der Waals surface area contributed by atoms with E-state index in [1.165, 1.54) is 22.3 Å². The zero-order valence-electron chi connectivity index (χ0n) is 15.1. The third-order valence-corrected chi connectivity index (χ3v) is 4.96. The molecule has 4 aromatic rings. The highest BCUT2D eigenvalue weighted by atomic mass is 16.7. The lowest BCUT2D eigenvalue weighted by Crippen LogP contribution is -2.02. The van der Waals surface area contributed by atoms with E-state index < -0.39 is 0 Å². The number of hydrogen-bond acceptors (Lipinski definition) is 3. The van der Waals surface area contributed by atoms with Crippen LogP contribution in [0.1, 0.15) is 22.9 Å². The Bertz CT molecular complexity index is 1120. The first-order valence-electron chi connectivity index (χ1n) is 9.10. The Labute approximate surface area is 158 Å². The molecule has 3 aromatic carbocycles. The summed E-state index contributed by atoms with van der Waals surface area (Å²) in [6, 6.07) is 26.8. The summed E-state index contributed by atoms with van der Waals surface area (Å²) in [6.07, 6.45) is 0.0138. The first kappa shape index (κ1) is 16.0. The molecule has 1 heterocycles. The second-order valence-corrected chi connectivity index (χ2v) is 6.76. The van der Waals surface area contributed by atoms with E-state index in [2.05, 4.69) is 53.5 Å². The van der Waals surface area contributed by atoms with Crippen molar-refractivity contribution in [3.05, 3.63) is 95.7 Å². The molecule has 1 aliphatic carbocycles. The average Bonchev–Trinajstić information content (AvgIpc) is 3.42. The van der Waals surface area contributed by atoms with Gasteiger partial charge in [-0.05, 0) is 41.3 Å². The molecule has 1 atom stereocenters. The second kappa shape index (κ2) is 6.53. The molecular formula is C24H19NO2. The van der Waals surface area contributed by atoms with Crippen molar-refractivity contribution < 1.29 is 9.47 Å². The molecule has 1 aliphatic rings. The molecule has 5 rings (SSSR count). The van der Waals surface area contributed by atoms with Gasteiger partial charge in [0.25, 0.3) is 0 Å². The van der Waals surface area contributed by atoms with Crippen LogP contribution in [0.4, 0.5) is 0 Å². The maximum absolute atomic E-state index is 6.02. The minimum absolute atomic E-state index is 0.0138. The van der Waals surface area contributed by atoms with Crippen LogP contribution in [0, 0.1) is 6.92 Å². The summed E-state index contributed by atoms with van der Waals surface area (Å²) < 4.78 is 11.9. The van der Waals surface area contributed by atoms with Gasteiger partial charge in [0, 0.05) is 11.1 Å². The van der Waals surface area contributed by atoms with Gasteiger partial charge in [0.1, 0.15) is 17.4 Å². The average molecular weight is 353 g/mol. The standard InChI is InChI=1S/C24H19NO2/c1-16-13-14-18-9-5-12-21(23(18)25-16)26-15-27-24-20-11-6-10-19(22(20)24)17-7-3-2-4-8-17/h2-14,24H,15H2,1H3. The normalized spacial score (nSPS) is 14.8. The number of nitrogens with zero attached hydrogens (tertiary/aromatic N) is 1. The van der Waals surface area contributed by atoms with Crippen LogP contribution in [0.3, 0.4) is 0 Å². The fraction of sp³-hybridized carbons (Fsp3) is 0.125. The Kier molecular flexibility index (Phi) is 3.88. The minimum atomic E-state index is 0.0138. The van der Waals surface area contributed by atoms with Crippen molar-refractivity contribution in [2.24, 2.45) is 0 Å². The van der Waals surface area contributed by atoms with E-state index in [4.69, 9.17) is 9.47 Å². The van der Waals surface area contributed by atoms with Gasteiger partial charge >= 0.3 is 0 Å². The summed E-state index contributed by atoms with van der Waals surface area (Å²) >= 11 is 0. The number of rotatable bonds is 5. The number of benzene rings is 3. The number of aromatic nitrogens is 1. The molecule has 0 bridgehead atoms. The smallest absolute Gasteiger partial charge is 0.190 e. The van der Waals surface area contributed by atoms with Gasteiger partial charge in [-0.1, -0.05) is 66.7 Å². The molecule has 0 fully saturated rings. The Balaban J connectivity index is 1.31. The predicted octanol–water partition coefficient (Wildman–Crippen LogP) is 5.67. The lowest BCUT2D eigenvalue weighted by Gasteiger charge is -2.09. The van der Waals surface area contributed by atoms with Crippen LogP contribution in [0.2, 0.25) is 0 Å². The van der Waals surface area contributed by atoms with Gasteiger partial charge in [0.15, 0.2) is 6.79 Å². The van der Waals surface area contributed by atoms with Crippen molar-refractivity contribution in [1.29, 1.82) is 0 Å². The van der Waals surface area contributed by atoms with Crippen LogP contribution in [0.15, 0.2) is 78.9 Å². The first-order valence-corrected chi connectivity index (χ1v) is 9.10. The highest BCUT2D eigenvalue weighted by molar-refractivity contribution is 5.84. The van der Waals surface area contributed by atoms with E-state index in [0.29, 0.717) is 0 Å². The zero-order chi connectivity index (χ0) is 18.2. The number of fused-ring (bicyclic) bond motifs is 2. The van der Waals surface area contributed by atoms with Gasteiger partial charge in [-0.15, -0.1) is 0 Å². The number of pyridine rings is 1. The number of hydrogen-bond donors (Lipinski definition) is 0. The fourth-order valence-electron chi connectivity index (χ4n) is 3.57. The van der Waals surface area contributed by atoms with Gasteiger partial charge in [-0.25, -0.2) is 4.98 Å². The summed E-state index contributed by atoms with van der Waals surface area (Å²) in [5.74, 6) is 0.754. The molecule has 1 aromatic heterocycles. The topological polar surface area (TPSA) is 31.4 Å². The van der Waals surface area contributed by atoms with Crippen molar-refractivity contribution in [1.82, 2.24) is 4.98 Å². The van der Waals surface area contributed by atoms with Crippen LogP contribution >= 0.6 is 0 Å². The van der Waals surface area contributed by atoms with Gasteiger partial charge in [0.05, 0.1) is 0 Å². The molecule has 3 nitrogen and oxygen atoms in total. The third-order valence-electron chi connectivity index (χ3n) is 4.96. The highest BCUT2D eigenvalue weighted by Gasteiger charge is 2.36. The second-order valence-electron chi connectivity index (χ2n) is 6.76. The predicted molar refractivity (Wildman–Crippen MR) is 107 cm³/mol. The van der Waals surface area contributed by atoms with Crippen molar-refractivity contribution in [3.63, 3.8) is 0 Å². The number of para-hydroxylation sites is 1. The van der Waals surface area contributed by atoms with Gasteiger partial charge in [-0.2, -0.15) is 0 Å². The van der Waals surface area contributed by atoms with E-state index in [-0.39, 0.29) is 12.9 Å². The maximum Gasteiger partial charge on any atom is 0.190 e. The van der Waals surface area contributed by atoms with Crippen LogP contribution in [0.25, 0.3) is 22.0 Å². The van der Waals surface area contributed by atoms with Crippen molar-refractivity contribution in [2.75, 3.05) is 6.79 Å². The number of aryl methyl sites for hydroxylation is 1. The van der Waals surface area contributed by atoms with E-state index in [0.717, 1.165) is 22.3 Å². The Hall–Kier alpha value is -3.17. The molecule has 0 radical (unpaired) electrons. The molecule has 0 spiro atoms. The third kappa shape index (κ3) is 2.96. The Morgan fingerprint density at radius 3 is 2.59 bits per heavy atom. The van der Waals surface area contributed by atoms with Gasteiger partial charge in [-0.3, -0.25) is 0 Å². The van der Waals surface area contributed by atoms with E-state index in [1.807, 2.05) is 37.3 Å². The van der Waals surface area contributed by atoms with Crippen LogP contribution in [0.5, 0.6) is 5.75 Å². The molecular weight excluding hydrogens is 334 g/mol. The lowest BCUT2D eigenvalue weighted by molar-refractivity contribution is -0.000998. The molecule has 0 aliphatic heterocycles. The van der Waals surface area contributed by atoms with Crippen LogP contribution in [-0.4, -0.2) is 11.8 Å². The fourth-order valence-corrected chi connectivity index (χ4v) is 3.57. The Morgan fingerprint density at radius 2 is 1.70 bits per heavy atom. The molecule has 132 valence electrons. The first-order chi connectivity index (χ1) is 13.3. The van der Waals surface area contributed by atoms with Crippen LogP contribution in [-0.2, 0) is 4.74 Å². The minimum Gasteiger partial charge on any atom is -0.465 e. The van der Waals surface area contributed by atoms with Crippen molar-refractivity contribution in [3.8, 4) is 16.9 Å². The van der Waals surface area contributed by atoms with Crippen molar-refractivity contribution >= 4 is 10.9 Å². The summed E-state index contributed by atoms with van der Waals surface area (Å²) in [4.78, 5) is 4.60. The van der Waals surface area contributed by atoms with Gasteiger partial charge in [0.2, 0.25) is 0 Å². The maximum atomic E-state index is 6.02. The van der Waals surface area contributed by atoms with Gasteiger partial charge < -0.3 is 9.47 Å². The molecule has 0 saturated carbocycles. The van der Waals surface area contributed by atoms with Crippen LogP contribution < -0.4 is 4.74 Å². The molecule has 0 N–H and O–H groups in total. The number of ether oxygens (including phenoxy) is 2. The summed E-state index contributed by atoms with van der Waals surface area (Å²) in [5.41, 5.74) is 6.81. The SMILES string of the molecule is Cc1ccc2cccc(OCOC3c4cccc(-c5ccccc5)c43)c2n1. The molecule has 27 heavy (non-hydrogen) atoms. The quantitative estimate of drug-likeness (QED) is 0.433. The molecule has 0 saturated heterocycles. The summed E-state index contributed by atoms with van der Waals surface area (Å²) in [7, 11) is 0. The largest absolute Gasteiger partial charge is 0.465 e. The van der Waals surface area contributed by atoms with E-state index in [1.54, 1.807) is 0 Å². The highest BCUT2D eigenvalue weighted by Crippen LogP contribution is 2.49. The van der Waals surface area contributed by atoms with E-state index >= 15 is 0 Å². The van der Waals surface area contributed by atoms with E-state index in [9.17, 15) is 0 Å². The molecule has 0 amide bonds. The van der Waals surface area contributed by atoms with Crippen molar-refractivity contribution in [2.45, 2.75) is 13.0 Å². The lowest BCUT2D eigenvalue weighted by atomic mass is 10.1. The summed E-state index contributed by atoms with van der Waals surface area (Å²) in [5, 5.41) is 1.07. The monoisotopic (exact) mass is 353 g/mol. The Morgan fingerprint density at radius 1 is 0.852 bits per heavy atom. The zero-order valence-corrected chi connectivity index (χ0v) is 15.1.